The zero-order chi connectivity index (χ0) is 10.4. The fourth-order valence-electron chi connectivity index (χ4n) is 0.732. The number of nitrogens with zero attached hydrogens (tertiary/aromatic N) is 3. The first-order valence-electron chi connectivity index (χ1n) is 3.86. The van der Waals surface area contributed by atoms with Crippen molar-refractivity contribution < 1.29 is 9.53 Å². The van der Waals surface area contributed by atoms with E-state index in [2.05, 4.69) is 15.5 Å². The monoisotopic (exact) mass is 234 g/mol. The number of hydrogen-bond acceptors (Lipinski definition) is 6. The normalized spacial score (nSPS) is 10.1. The Labute approximate surface area is 90.0 Å². The van der Waals surface area contributed by atoms with Gasteiger partial charge in [-0.3, -0.25) is 4.79 Å². The smallest absolute Gasteiger partial charge is 0.327 e. The van der Waals surface area contributed by atoms with Crippen LogP contribution in [0.25, 0.3) is 0 Å². The number of H-pyrrole nitrogens is 1. The maximum Gasteiger partial charge on any atom is 0.327 e. The number of rotatable bonds is 5. The first-order valence-corrected chi connectivity index (χ1v) is 5.66. The Morgan fingerprint density at radius 1 is 1.79 bits per heavy atom. The van der Waals surface area contributed by atoms with Crippen LogP contribution < -0.4 is 0 Å². The molecule has 1 aromatic rings. The Morgan fingerprint density at radius 2 is 2.57 bits per heavy atom. The van der Waals surface area contributed by atoms with Crippen LogP contribution in [-0.4, -0.2) is 44.8 Å². The van der Waals surface area contributed by atoms with E-state index in [0.717, 1.165) is 5.75 Å². The summed E-state index contributed by atoms with van der Waals surface area (Å²) in [5.74, 6) is 0.444. The van der Waals surface area contributed by atoms with Crippen molar-refractivity contribution >= 4 is 29.9 Å². The van der Waals surface area contributed by atoms with Gasteiger partial charge in [0, 0.05) is 5.75 Å². The minimum atomic E-state index is -0.346. The Hall–Kier alpha value is -0.890. The van der Waals surface area contributed by atoms with Gasteiger partial charge in [-0.15, -0.1) is 0 Å². The Bertz CT molecular complexity index is 348. The molecule has 0 bridgehead atoms. The third kappa shape index (κ3) is 3.46. The van der Waals surface area contributed by atoms with Gasteiger partial charge in [0.15, 0.2) is 0 Å². The molecule has 8 heteroatoms. The van der Waals surface area contributed by atoms with Crippen LogP contribution in [0.15, 0.2) is 0 Å². The summed E-state index contributed by atoms with van der Waals surface area (Å²) in [5, 5.41) is 9.44. The van der Waals surface area contributed by atoms with Crippen molar-refractivity contribution in [3.8, 4) is 0 Å². The Kier molecular flexibility index (Phi) is 4.60. The number of aromatic nitrogens is 4. The molecule has 0 saturated heterocycles. The number of thioether (sulfide) groups is 1. The fourth-order valence-corrected chi connectivity index (χ4v) is 1.13. The molecule has 0 amide bonds. The summed E-state index contributed by atoms with van der Waals surface area (Å²) >= 11 is 6.40. The van der Waals surface area contributed by atoms with Crippen molar-refractivity contribution in [3.63, 3.8) is 0 Å². The third-order valence-electron chi connectivity index (χ3n) is 1.37. The lowest BCUT2D eigenvalue weighted by Crippen LogP contribution is -2.16. The molecule has 6 nitrogen and oxygen atoms in total. The first-order chi connectivity index (χ1) is 6.74. The second-order valence-electron chi connectivity index (χ2n) is 2.38. The highest BCUT2D eigenvalue weighted by molar-refractivity contribution is 7.98. The van der Waals surface area contributed by atoms with Crippen molar-refractivity contribution in [2.24, 2.45) is 0 Å². The maximum atomic E-state index is 11.2. The van der Waals surface area contributed by atoms with Crippen molar-refractivity contribution in [3.05, 3.63) is 4.77 Å². The van der Waals surface area contributed by atoms with Gasteiger partial charge >= 0.3 is 5.97 Å². The highest BCUT2D eigenvalue weighted by Gasteiger charge is 2.05. The molecule has 0 aliphatic heterocycles. The molecule has 0 saturated carbocycles. The summed E-state index contributed by atoms with van der Waals surface area (Å²) in [7, 11) is 0. The number of carbonyl (C=O) groups is 1. The van der Waals surface area contributed by atoms with Gasteiger partial charge in [0.25, 0.3) is 0 Å². The zero-order valence-electron chi connectivity index (χ0n) is 7.60. The van der Waals surface area contributed by atoms with E-state index < -0.39 is 0 Å². The van der Waals surface area contributed by atoms with Gasteiger partial charge in [0.1, 0.15) is 13.2 Å². The summed E-state index contributed by atoms with van der Waals surface area (Å²) in [6, 6.07) is 0. The number of aromatic amines is 1. The number of carbonyl (C=O) groups excluding carboxylic acids is 1. The minimum absolute atomic E-state index is 0.0280. The molecular weight excluding hydrogens is 224 g/mol. The van der Waals surface area contributed by atoms with Gasteiger partial charge in [-0.25, -0.2) is 4.68 Å². The van der Waals surface area contributed by atoms with Crippen molar-refractivity contribution in [2.45, 2.75) is 6.54 Å². The summed E-state index contributed by atoms with van der Waals surface area (Å²) in [4.78, 5) is 11.2. The number of tetrazole rings is 1. The third-order valence-corrected chi connectivity index (χ3v) is 2.25. The van der Waals surface area contributed by atoms with Crippen LogP contribution in [-0.2, 0) is 16.1 Å². The second kappa shape index (κ2) is 5.76. The predicted octanol–water partition coefficient (Wildman–Crippen LogP) is 0.242. The number of esters is 1. The van der Waals surface area contributed by atoms with E-state index >= 15 is 0 Å². The average Bonchev–Trinajstić information content (AvgIpc) is 2.52. The molecule has 0 fully saturated rings. The second-order valence-corrected chi connectivity index (χ2v) is 3.73. The van der Waals surface area contributed by atoms with E-state index in [4.69, 9.17) is 17.0 Å². The molecule has 1 N–H and O–H groups in total. The molecule has 0 aliphatic carbocycles. The lowest BCUT2D eigenvalue weighted by molar-refractivity contribution is -0.143. The van der Waals surface area contributed by atoms with E-state index in [1.54, 1.807) is 11.8 Å². The zero-order valence-corrected chi connectivity index (χ0v) is 9.23. The van der Waals surface area contributed by atoms with E-state index in [1.165, 1.54) is 4.68 Å². The predicted molar refractivity (Wildman–Crippen MR) is 54.5 cm³/mol. The summed E-state index contributed by atoms with van der Waals surface area (Å²) in [5.41, 5.74) is 0. The van der Waals surface area contributed by atoms with Gasteiger partial charge in [-0.2, -0.15) is 17.0 Å². The van der Waals surface area contributed by atoms with Gasteiger partial charge in [-0.05, 0) is 18.5 Å². The molecule has 0 radical (unpaired) electrons. The van der Waals surface area contributed by atoms with Crippen molar-refractivity contribution in [1.82, 2.24) is 20.2 Å². The van der Waals surface area contributed by atoms with Crippen LogP contribution in [0.2, 0.25) is 0 Å². The van der Waals surface area contributed by atoms with Crippen molar-refractivity contribution in [2.75, 3.05) is 18.6 Å². The molecule has 1 rings (SSSR count). The van der Waals surface area contributed by atoms with Gasteiger partial charge in [0.2, 0.25) is 4.77 Å². The average molecular weight is 234 g/mol. The Morgan fingerprint density at radius 3 is 3.14 bits per heavy atom. The Balaban J connectivity index is 2.34. The van der Waals surface area contributed by atoms with E-state index in [1.807, 2.05) is 6.26 Å². The first kappa shape index (κ1) is 11.2. The highest BCUT2D eigenvalue weighted by atomic mass is 32.2. The molecule has 0 aliphatic rings. The molecule has 78 valence electrons. The molecule has 0 unspecified atom stereocenters. The van der Waals surface area contributed by atoms with Gasteiger partial charge < -0.3 is 4.74 Å². The molecular formula is C6H10N4O2S2. The minimum Gasteiger partial charge on any atom is -0.463 e. The van der Waals surface area contributed by atoms with Crippen LogP contribution in [0.5, 0.6) is 0 Å². The SMILES string of the molecule is CSCCOC(=O)Cn1[nH]nnc1=S. The highest BCUT2D eigenvalue weighted by Crippen LogP contribution is 1.92. The van der Waals surface area contributed by atoms with E-state index in [0.29, 0.717) is 6.61 Å². The van der Waals surface area contributed by atoms with Crippen LogP contribution in [0.4, 0.5) is 0 Å². The number of hydrogen-bond donors (Lipinski definition) is 1. The standard InChI is InChI=1S/C6H10N4O2S2/c1-14-3-2-12-5(11)4-10-6(13)7-8-9-10/h2-4H2,1H3,(H,7,9,13). The molecule has 1 heterocycles. The van der Waals surface area contributed by atoms with E-state index in [9.17, 15) is 4.79 Å². The lowest BCUT2D eigenvalue weighted by atomic mass is 10.6. The quantitative estimate of drug-likeness (QED) is 0.447. The number of ether oxygens (including phenoxy) is 1. The molecule has 1 aromatic heterocycles. The topological polar surface area (TPSA) is 72.8 Å². The van der Waals surface area contributed by atoms with Gasteiger partial charge in [-0.1, -0.05) is 10.3 Å². The molecule has 14 heavy (non-hydrogen) atoms. The fraction of sp³-hybridized carbons (Fsp3) is 0.667. The molecule has 0 spiro atoms. The molecule has 0 atom stereocenters. The summed E-state index contributed by atoms with van der Waals surface area (Å²) < 4.78 is 6.49. The van der Waals surface area contributed by atoms with Crippen LogP contribution >= 0.6 is 24.0 Å². The summed E-state index contributed by atoms with van der Waals surface area (Å²) in [6.07, 6.45) is 1.95. The van der Waals surface area contributed by atoms with Crippen molar-refractivity contribution in [1.29, 1.82) is 0 Å². The number of nitrogens with one attached hydrogen (secondary N) is 1. The maximum absolute atomic E-state index is 11.2. The van der Waals surface area contributed by atoms with Crippen LogP contribution in [0, 0.1) is 4.77 Å². The largest absolute Gasteiger partial charge is 0.463 e. The molecule has 0 aromatic carbocycles. The van der Waals surface area contributed by atoms with Gasteiger partial charge in [0.05, 0.1) is 0 Å². The summed E-state index contributed by atoms with van der Waals surface area (Å²) in [6.45, 7) is 0.440. The van der Waals surface area contributed by atoms with Crippen LogP contribution in [0.1, 0.15) is 0 Å². The lowest BCUT2D eigenvalue weighted by Gasteiger charge is -2.02. The van der Waals surface area contributed by atoms with E-state index in [-0.39, 0.29) is 17.3 Å². The van der Waals surface area contributed by atoms with Crippen LogP contribution in [0.3, 0.4) is 0 Å².